The van der Waals surface area contributed by atoms with E-state index in [2.05, 4.69) is 10.3 Å². The third-order valence-electron chi connectivity index (χ3n) is 5.98. The summed E-state index contributed by atoms with van der Waals surface area (Å²) in [5, 5.41) is 14.4. The minimum Gasteiger partial charge on any atom is -0.322 e. The number of amides is 1. The van der Waals surface area contributed by atoms with Crippen molar-refractivity contribution in [3.8, 4) is 0 Å². The van der Waals surface area contributed by atoms with Gasteiger partial charge in [-0.2, -0.15) is 0 Å². The van der Waals surface area contributed by atoms with Crippen molar-refractivity contribution in [3.63, 3.8) is 0 Å². The van der Waals surface area contributed by atoms with Crippen LogP contribution in [-0.2, 0) is 4.79 Å². The van der Waals surface area contributed by atoms with Gasteiger partial charge in [0.1, 0.15) is 5.82 Å². The first-order valence-electron chi connectivity index (χ1n) is 11.3. The van der Waals surface area contributed by atoms with Crippen LogP contribution in [0, 0.1) is 15.9 Å². The van der Waals surface area contributed by atoms with Crippen molar-refractivity contribution < 1.29 is 14.1 Å². The standard InChI is InChI=1S/C27H18ClFN4O4S/c1-15-23(25(34)31-19-10-8-18(29)9-11-19)24(16-6-12-20(13-7-16)33(36)37)32-26(35)22(38-27(32)30-15)14-17-4-2-3-5-21(17)28/h2-14,24H,1H3,(H,31,34)/b22-14+. The van der Waals surface area contributed by atoms with E-state index < -0.39 is 28.2 Å². The molecular formula is C27H18ClFN4O4S. The number of hydrogen-bond donors (Lipinski definition) is 1. The lowest BCUT2D eigenvalue weighted by Gasteiger charge is -2.25. The molecule has 0 saturated carbocycles. The van der Waals surface area contributed by atoms with Crippen LogP contribution in [0.4, 0.5) is 15.8 Å². The normalized spacial score (nSPS) is 15.1. The third-order valence-corrected chi connectivity index (χ3v) is 7.31. The summed E-state index contributed by atoms with van der Waals surface area (Å²) in [7, 11) is 0. The molecule has 0 aliphatic carbocycles. The fourth-order valence-corrected chi connectivity index (χ4v) is 5.40. The molecule has 2 heterocycles. The summed E-state index contributed by atoms with van der Waals surface area (Å²) >= 11 is 7.44. The monoisotopic (exact) mass is 548 g/mol. The second kappa shape index (κ2) is 10.2. The summed E-state index contributed by atoms with van der Waals surface area (Å²) in [6, 6.07) is 17.1. The Morgan fingerprint density at radius 2 is 1.82 bits per heavy atom. The molecular weight excluding hydrogens is 531 g/mol. The molecule has 1 aliphatic rings. The highest BCUT2D eigenvalue weighted by Crippen LogP contribution is 2.31. The molecule has 1 aliphatic heterocycles. The second-order valence-corrected chi connectivity index (χ2v) is 9.83. The van der Waals surface area contributed by atoms with E-state index in [1.807, 2.05) is 0 Å². The molecule has 0 saturated heterocycles. The number of aromatic nitrogens is 1. The number of anilines is 1. The molecule has 0 fully saturated rings. The minimum absolute atomic E-state index is 0.127. The van der Waals surface area contributed by atoms with Crippen LogP contribution in [0.2, 0.25) is 5.02 Å². The molecule has 8 nitrogen and oxygen atoms in total. The van der Waals surface area contributed by atoms with Gasteiger partial charge in [-0.3, -0.25) is 24.3 Å². The van der Waals surface area contributed by atoms with E-state index in [4.69, 9.17) is 11.6 Å². The third kappa shape index (κ3) is 4.79. The lowest BCUT2D eigenvalue weighted by atomic mass is 9.95. The molecule has 190 valence electrons. The van der Waals surface area contributed by atoms with Gasteiger partial charge in [-0.25, -0.2) is 9.38 Å². The van der Waals surface area contributed by atoms with Crippen LogP contribution in [0.5, 0.6) is 0 Å². The zero-order valence-corrected chi connectivity index (χ0v) is 21.3. The van der Waals surface area contributed by atoms with Crippen LogP contribution in [0.15, 0.2) is 93.9 Å². The number of benzene rings is 3. The quantitative estimate of drug-likeness (QED) is 0.291. The van der Waals surface area contributed by atoms with Crippen molar-refractivity contribution in [1.29, 1.82) is 0 Å². The highest BCUT2D eigenvalue weighted by atomic mass is 35.5. The van der Waals surface area contributed by atoms with E-state index in [9.17, 15) is 24.1 Å². The molecule has 4 aromatic rings. The van der Waals surface area contributed by atoms with Crippen LogP contribution in [0.1, 0.15) is 24.1 Å². The number of thiazole rings is 1. The van der Waals surface area contributed by atoms with Crippen LogP contribution in [0.25, 0.3) is 6.08 Å². The largest absolute Gasteiger partial charge is 0.322 e. The maximum Gasteiger partial charge on any atom is 0.271 e. The summed E-state index contributed by atoms with van der Waals surface area (Å²) in [5.74, 6) is -0.992. The highest BCUT2D eigenvalue weighted by molar-refractivity contribution is 7.07. The van der Waals surface area contributed by atoms with Crippen molar-refractivity contribution in [2.75, 3.05) is 5.32 Å². The average molecular weight is 549 g/mol. The zero-order chi connectivity index (χ0) is 27.0. The molecule has 0 radical (unpaired) electrons. The van der Waals surface area contributed by atoms with E-state index in [-0.39, 0.29) is 11.3 Å². The van der Waals surface area contributed by atoms with Gasteiger partial charge in [-0.05, 0) is 66.6 Å². The number of nitro groups is 1. The molecule has 3 aromatic carbocycles. The Kier molecular flexibility index (Phi) is 6.75. The number of non-ortho nitro benzene ring substituents is 1. The minimum atomic E-state index is -0.916. The fraction of sp³-hybridized carbons (Fsp3) is 0.0741. The molecule has 11 heteroatoms. The summed E-state index contributed by atoms with van der Waals surface area (Å²) in [4.78, 5) is 42.8. The SMILES string of the molecule is CC1=C(C(=O)Nc2ccc(F)cc2)C(c2ccc([N+](=O)[O-])cc2)n2c(s/c(=C/c3ccccc3Cl)c2=O)=N1. The Morgan fingerprint density at radius 3 is 2.47 bits per heavy atom. The lowest BCUT2D eigenvalue weighted by molar-refractivity contribution is -0.384. The van der Waals surface area contributed by atoms with Crippen LogP contribution >= 0.6 is 22.9 Å². The molecule has 1 unspecified atom stereocenters. The Morgan fingerprint density at radius 1 is 1.13 bits per heavy atom. The van der Waals surface area contributed by atoms with Gasteiger partial charge in [0.2, 0.25) is 0 Å². The molecule has 1 amide bonds. The maximum atomic E-state index is 13.7. The van der Waals surface area contributed by atoms with E-state index in [1.54, 1.807) is 37.3 Å². The van der Waals surface area contributed by atoms with E-state index in [0.29, 0.717) is 36.9 Å². The van der Waals surface area contributed by atoms with Gasteiger partial charge in [0.05, 0.1) is 26.8 Å². The van der Waals surface area contributed by atoms with Crippen LogP contribution < -0.4 is 20.2 Å². The number of hydrogen-bond acceptors (Lipinski definition) is 6. The highest BCUT2D eigenvalue weighted by Gasteiger charge is 2.32. The molecule has 38 heavy (non-hydrogen) atoms. The summed E-state index contributed by atoms with van der Waals surface area (Å²) in [5.41, 5.74) is 1.53. The Hall–Kier alpha value is -4.41. The number of halogens is 2. The zero-order valence-electron chi connectivity index (χ0n) is 19.7. The van der Waals surface area contributed by atoms with Crippen LogP contribution in [-0.4, -0.2) is 15.4 Å². The molecule has 0 spiro atoms. The first kappa shape index (κ1) is 25.2. The molecule has 1 N–H and O–H groups in total. The van der Waals surface area contributed by atoms with Gasteiger partial charge in [0.25, 0.3) is 17.2 Å². The summed E-state index contributed by atoms with van der Waals surface area (Å²) in [6.07, 6.45) is 1.66. The predicted octanol–water partition coefficient (Wildman–Crippen LogP) is 4.57. The fourth-order valence-electron chi connectivity index (χ4n) is 4.17. The first-order chi connectivity index (χ1) is 18.2. The average Bonchev–Trinajstić information content (AvgIpc) is 3.20. The Bertz CT molecular complexity index is 1790. The molecule has 1 atom stereocenters. The number of nitrogens with one attached hydrogen (secondary N) is 1. The van der Waals surface area contributed by atoms with E-state index >= 15 is 0 Å². The maximum absolute atomic E-state index is 13.7. The number of nitro benzene ring substituents is 1. The van der Waals surface area contributed by atoms with Gasteiger partial charge in [0, 0.05) is 22.8 Å². The number of fused-ring (bicyclic) bond motifs is 1. The van der Waals surface area contributed by atoms with Crippen LogP contribution in [0.3, 0.4) is 0 Å². The lowest BCUT2D eigenvalue weighted by Crippen LogP contribution is -2.40. The van der Waals surface area contributed by atoms with Crippen molar-refractivity contribution in [1.82, 2.24) is 4.57 Å². The van der Waals surface area contributed by atoms with E-state index in [0.717, 1.165) is 11.3 Å². The Balaban J connectivity index is 1.68. The molecule has 1 aromatic heterocycles. The summed E-state index contributed by atoms with van der Waals surface area (Å²) in [6.45, 7) is 1.66. The van der Waals surface area contributed by atoms with Crippen molar-refractivity contribution in [3.05, 3.63) is 136 Å². The van der Waals surface area contributed by atoms with Gasteiger partial charge in [0.15, 0.2) is 4.80 Å². The van der Waals surface area contributed by atoms with Crippen molar-refractivity contribution in [2.24, 2.45) is 4.99 Å². The first-order valence-corrected chi connectivity index (χ1v) is 12.5. The smallest absolute Gasteiger partial charge is 0.271 e. The van der Waals surface area contributed by atoms with Gasteiger partial charge >= 0.3 is 0 Å². The number of carbonyl (C=O) groups is 1. The number of allylic oxidation sites excluding steroid dienone is 1. The van der Waals surface area contributed by atoms with Gasteiger partial charge in [-0.15, -0.1) is 0 Å². The van der Waals surface area contributed by atoms with Gasteiger partial charge < -0.3 is 5.32 Å². The Labute approximate surface area is 223 Å². The molecule has 5 rings (SSSR count). The number of nitrogens with zero attached hydrogens (tertiary/aromatic N) is 3. The summed E-state index contributed by atoms with van der Waals surface area (Å²) < 4.78 is 15.1. The number of rotatable bonds is 5. The van der Waals surface area contributed by atoms with Gasteiger partial charge in [-0.1, -0.05) is 41.1 Å². The predicted molar refractivity (Wildman–Crippen MR) is 143 cm³/mol. The topological polar surface area (TPSA) is 107 Å². The van der Waals surface area contributed by atoms with Crippen molar-refractivity contribution in [2.45, 2.75) is 13.0 Å². The second-order valence-electron chi connectivity index (χ2n) is 8.41. The number of carbonyl (C=O) groups excluding carboxylic acids is 1. The van der Waals surface area contributed by atoms with E-state index in [1.165, 1.54) is 53.1 Å². The molecule has 0 bridgehead atoms. The van der Waals surface area contributed by atoms with Crippen molar-refractivity contribution >= 4 is 46.3 Å².